The Bertz CT molecular complexity index is 1330. The maximum Gasteiger partial charge on any atom is 0.224 e. The Hall–Kier alpha value is -4.39. The van der Waals surface area contributed by atoms with Crippen molar-refractivity contribution < 1.29 is 4.74 Å². The van der Waals surface area contributed by atoms with Crippen LogP contribution in [0.5, 0.6) is 11.5 Å². The van der Waals surface area contributed by atoms with Crippen molar-refractivity contribution >= 4 is 22.7 Å². The molecule has 5 rings (SSSR count). The van der Waals surface area contributed by atoms with Crippen LogP contribution in [0, 0.1) is 0 Å². The number of imidazole rings is 1. The number of anilines is 2. The lowest BCUT2D eigenvalue weighted by Crippen LogP contribution is -2.09. The number of ether oxygens (including phenoxy) is 1. The van der Waals surface area contributed by atoms with Gasteiger partial charge in [0.05, 0.1) is 11.0 Å². The monoisotopic (exact) mass is 422 g/mol. The van der Waals surface area contributed by atoms with Crippen molar-refractivity contribution in [3.05, 3.63) is 97.0 Å². The second-order valence-electron chi connectivity index (χ2n) is 7.34. The van der Waals surface area contributed by atoms with E-state index in [-0.39, 0.29) is 0 Å². The molecule has 0 aliphatic rings. The topological polar surface area (TPSA) is 90.9 Å². The quantitative estimate of drug-likeness (QED) is 0.365. The van der Waals surface area contributed by atoms with Crippen LogP contribution < -0.4 is 15.8 Å². The number of nitrogens with two attached hydrogens (primary N) is 1. The number of hydrogen-bond donors (Lipinski definition) is 2. The van der Waals surface area contributed by atoms with Crippen LogP contribution in [0.4, 0.5) is 11.6 Å². The largest absolute Gasteiger partial charge is 0.457 e. The van der Waals surface area contributed by atoms with Crippen LogP contribution in [-0.2, 0) is 6.42 Å². The summed E-state index contributed by atoms with van der Waals surface area (Å²) in [6, 6.07) is 25.3. The molecule has 158 valence electrons. The first-order valence-electron chi connectivity index (χ1n) is 10.4. The van der Waals surface area contributed by atoms with Gasteiger partial charge >= 0.3 is 0 Å². The zero-order valence-electron chi connectivity index (χ0n) is 17.3. The summed E-state index contributed by atoms with van der Waals surface area (Å²) in [5.41, 5.74) is 9.45. The predicted octanol–water partition coefficient (Wildman–Crippen LogP) is 4.84. The maximum absolute atomic E-state index is 5.92. The van der Waals surface area contributed by atoms with Gasteiger partial charge in [0, 0.05) is 24.5 Å². The van der Waals surface area contributed by atoms with E-state index in [2.05, 4.69) is 32.4 Å². The molecule has 0 bridgehead atoms. The Morgan fingerprint density at radius 1 is 0.875 bits per heavy atom. The highest BCUT2D eigenvalue weighted by Crippen LogP contribution is 2.26. The molecule has 0 fully saturated rings. The Balaban J connectivity index is 1.32. The van der Waals surface area contributed by atoms with Gasteiger partial charge in [-0.05, 0) is 54.4 Å². The summed E-state index contributed by atoms with van der Waals surface area (Å²) in [6.07, 6.45) is 4.41. The van der Waals surface area contributed by atoms with Gasteiger partial charge in [-0.15, -0.1) is 0 Å². The highest BCUT2D eigenvalue weighted by molar-refractivity contribution is 5.78. The van der Waals surface area contributed by atoms with Crippen molar-refractivity contribution in [3.63, 3.8) is 0 Å². The summed E-state index contributed by atoms with van der Waals surface area (Å²) in [5, 5.41) is 3.30. The third-order valence-corrected chi connectivity index (χ3v) is 5.06. The minimum atomic E-state index is 0.587. The molecule has 3 aromatic carbocycles. The van der Waals surface area contributed by atoms with Gasteiger partial charge in [0.1, 0.15) is 23.6 Å². The molecule has 0 atom stereocenters. The van der Waals surface area contributed by atoms with Crippen LogP contribution in [0.2, 0.25) is 0 Å². The molecule has 0 aliphatic heterocycles. The van der Waals surface area contributed by atoms with Crippen molar-refractivity contribution in [1.82, 2.24) is 19.5 Å². The Morgan fingerprint density at radius 2 is 1.69 bits per heavy atom. The lowest BCUT2D eigenvalue weighted by molar-refractivity contribution is 0.483. The number of rotatable bonds is 7. The van der Waals surface area contributed by atoms with E-state index in [1.807, 2.05) is 71.3 Å². The van der Waals surface area contributed by atoms with Crippen LogP contribution in [0.15, 0.2) is 91.4 Å². The first-order valence-corrected chi connectivity index (χ1v) is 10.4. The smallest absolute Gasteiger partial charge is 0.224 e. The molecule has 0 saturated heterocycles. The molecule has 7 nitrogen and oxygen atoms in total. The van der Waals surface area contributed by atoms with E-state index >= 15 is 0 Å². The second-order valence-corrected chi connectivity index (χ2v) is 7.34. The molecule has 0 spiro atoms. The number of hydrogen-bond acceptors (Lipinski definition) is 6. The van der Waals surface area contributed by atoms with Crippen LogP contribution >= 0.6 is 0 Å². The predicted molar refractivity (Wildman–Crippen MR) is 126 cm³/mol. The first-order chi connectivity index (χ1) is 15.7. The summed E-state index contributed by atoms with van der Waals surface area (Å²) in [6.45, 7) is 0.754. The summed E-state index contributed by atoms with van der Waals surface area (Å²) in [7, 11) is 0. The molecule has 2 heterocycles. The number of benzene rings is 3. The number of aromatic nitrogens is 4. The fraction of sp³-hybridized carbons (Fsp3) is 0.0800. The lowest BCUT2D eigenvalue weighted by Gasteiger charge is -2.09. The molecule has 2 aromatic heterocycles. The van der Waals surface area contributed by atoms with Gasteiger partial charge in [0.25, 0.3) is 0 Å². The van der Waals surface area contributed by atoms with Crippen molar-refractivity contribution in [3.8, 4) is 17.3 Å². The molecule has 0 saturated carbocycles. The Morgan fingerprint density at radius 3 is 2.53 bits per heavy atom. The van der Waals surface area contributed by atoms with E-state index in [1.165, 1.54) is 5.56 Å². The van der Waals surface area contributed by atoms with Crippen LogP contribution in [0.3, 0.4) is 0 Å². The van der Waals surface area contributed by atoms with Gasteiger partial charge in [-0.2, -0.15) is 4.98 Å². The molecular formula is C25H22N6O. The van der Waals surface area contributed by atoms with Crippen LogP contribution in [-0.4, -0.2) is 26.1 Å². The molecule has 5 aromatic rings. The average molecular weight is 422 g/mol. The number of nitrogens with zero attached hydrogens (tertiary/aromatic N) is 4. The van der Waals surface area contributed by atoms with E-state index < -0.39 is 0 Å². The van der Waals surface area contributed by atoms with E-state index in [0.717, 1.165) is 35.6 Å². The highest BCUT2D eigenvalue weighted by atomic mass is 16.5. The average Bonchev–Trinajstić information content (AvgIpc) is 3.25. The summed E-state index contributed by atoms with van der Waals surface area (Å²) in [4.78, 5) is 13.5. The van der Waals surface area contributed by atoms with E-state index in [9.17, 15) is 0 Å². The van der Waals surface area contributed by atoms with Gasteiger partial charge in [-0.1, -0.05) is 30.3 Å². The van der Waals surface area contributed by atoms with Crippen molar-refractivity contribution in [2.45, 2.75) is 6.42 Å². The second kappa shape index (κ2) is 8.77. The zero-order valence-corrected chi connectivity index (χ0v) is 17.3. The normalized spacial score (nSPS) is 10.9. The van der Waals surface area contributed by atoms with Crippen molar-refractivity contribution in [1.29, 1.82) is 0 Å². The van der Waals surface area contributed by atoms with Crippen LogP contribution in [0.25, 0.3) is 16.9 Å². The maximum atomic E-state index is 5.92. The van der Waals surface area contributed by atoms with Gasteiger partial charge in [0.2, 0.25) is 5.95 Å². The third-order valence-electron chi connectivity index (χ3n) is 5.06. The molecule has 0 unspecified atom stereocenters. The summed E-state index contributed by atoms with van der Waals surface area (Å²) >= 11 is 0. The number of nitrogens with one attached hydrogen (secondary N) is 1. The molecule has 0 aliphatic carbocycles. The Labute approximate surface area is 185 Å². The molecule has 32 heavy (non-hydrogen) atoms. The number of fused-ring (bicyclic) bond motifs is 1. The fourth-order valence-electron chi connectivity index (χ4n) is 3.44. The van der Waals surface area contributed by atoms with Gasteiger partial charge in [-0.3, -0.25) is 4.57 Å². The zero-order chi connectivity index (χ0) is 21.8. The minimum Gasteiger partial charge on any atom is -0.457 e. The van der Waals surface area contributed by atoms with E-state index in [4.69, 9.17) is 10.5 Å². The fourth-order valence-corrected chi connectivity index (χ4v) is 3.44. The lowest BCUT2D eigenvalue weighted by atomic mass is 10.1. The molecule has 3 N–H and O–H groups in total. The SMILES string of the molecule is Nc1ccc(Oc2ccc3c(c2)ncn3-c2ccnc(NCCc3ccccc3)n2)cc1. The van der Waals surface area contributed by atoms with Gasteiger partial charge in [-0.25, -0.2) is 9.97 Å². The standard InChI is InChI=1S/C25H22N6O/c26-19-6-8-20(9-7-19)32-21-10-11-23-22(16-21)29-17-31(23)24-13-15-28-25(30-24)27-14-12-18-4-2-1-3-5-18/h1-11,13,15-17H,12,14,26H2,(H,27,28,30). The van der Waals surface area contributed by atoms with E-state index in [1.54, 1.807) is 12.5 Å². The highest BCUT2D eigenvalue weighted by Gasteiger charge is 2.09. The van der Waals surface area contributed by atoms with Crippen molar-refractivity contribution in [2.75, 3.05) is 17.6 Å². The summed E-state index contributed by atoms with van der Waals surface area (Å²) in [5.74, 6) is 2.76. The molecule has 0 amide bonds. The first kappa shape index (κ1) is 19.6. The van der Waals surface area contributed by atoms with Crippen LogP contribution in [0.1, 0.15) is 5.56 Å². The van der Waals surface area contributed by atoms with Gasteiger partial charge < -0.3 is 15.8 Å². The summed E-state index contributed by atoms with van der Waals surface area (Å²) < 4.78 is 7.85. The van der Waals surface area contributed by atoms with E-state index in [0.29, 0.717) is 17.4 Å². The van der Waals surface area contributed by atoms with Gasteiger partial charge in [0.15, 0.2) is 0 Å². The molecule has 7 heteroatoms. The molecular weight excluding hydrogens is 400 g/mol. The number of nitrogen functional groups attached to an aromatic ring is 1. The minimum absolute atomic E-state index is 0.587. The molecule has 0 radical (unpaired) electrons. The Kier molecular flexibility index (Phi) is 5.36. The van der Waals surface area contributed by atoms with Crippen molar-refractivity contribution in [2.24, 2.45) is 0 Å². The third kappa shape index (κ3) is 4.37.